The van der Waals surface area contributed by atoms with Crippen LogP contribution in [0.4, 0.5) is 0 Å². The lowest BCUT2D eigenvalue weighted by Gasteiger charge is -2.36. The summed E-state index contributed by atoms with van der Waals surface area (Å²) in [6.07, 6.45) is 6.62. The Hall–Kier alpha value is -0.160. The van der Waals surface area contributed by atoms with Crippen LogP contribution < -0.4 is 5.32 Å². The number of aliphatic hydroxyl groups excluding tert-OH is 3. The minimum Gasteiger partial charge on any atom is -0.393 e. The average Bonchev–Trinajstić information content (AvgIpc) is 2.43. The molecule has 2 saturated carbocycles. The quantitative estimate of drug-likeness (QED) is 0.614. The van der Waals surface area contributed by atoms with Crippen molar-refractivity contribution in [1.29, 1.82) is 0 Å². The van der Waals surface area contributed by atoms with Crippen molar-refractivity contribution in [3.05, 3.63) is 0 Å². The van der Waals surface area contributed by atoms with Gasteiger partial charge in [0.05, 0.1) is 18.3 Å². The molecule has 2 rings (SSSR count). The third-order valence-corrected chi connectivity index (χ3v) is 5.41. The van der Waals surface area contributed by atoms with Crippen molar-refractivity contribution in [3.8, 4) is 0 Å². The van der Waals surface area contributed by atoms with Crippen LogP contribution >= 0.6 is 0 Å². The number of hydrogen-bond acceptors (Lipinski definition) is 4. The van der Waals surface area contributed by atoms with E-state index in [1.54, 1.807) is 0 Å². The van der Waals surface area contributed by atoms with E-state index in [2.05, 4.69) is 5.32 Å². The van der Waals surface area contributed by atoms with Gasteiger partial charge in [0.25, 0.3) is 0 Å². The van der Waals surface area contributed by atoms with E-state index in [9.17, 15) is 15.3 Å². The zero-order valence-electron chi connectivity index (χ0n) is 12.7. The molecule has 2 aliphatic rings. The Labute approximate surface area is 122 Å². The fraction of sp³-hybridized carbons (Fsp3) is 1.00. The van der Waals surface area contributed by atoms with Crippen LogP contribution in [0.15, 0.2) is 0 Å². The summed E-state index contributed by atoms with van der Waals surface area (Å²) in [5, 5.41) is 32.5. The highest BCUT2D eigenvalue weighted by Gasteiger charge is 2.31. The van der Waals surface area contributed by atoms with Gasteiger partial charge in [-0.2, -0.15) is 0 Å². The van der Waals surface area contributed by atoms with Crippen molar-refractivity contribution in [2.24, 2.45) is 17.8 Å². The van der Waals surface area contributed by atoms with E-state index < -0.39 is 12.2 Å². The molecule has 0 aliphatic heterocycles. The normalized spacial score (nSPS) is 42.6. The standard InChI is InChI=1S/C16H31NO3/c1-17-10-13-5-6-14(18)9-12(13)4-2-11-3-7-15(19)16(20)8-11/h11-20H,2-10H2,1H3. The monoisotopic (exact) mass is 285 g/mol. The van der Waals surface area contributed by atoms with Gasteiger partial charge in [-0.05, 0) is 76.3 Å². The first-order valence-electron chi connectivity index (χ1n) is 8.29. The van der Waals surface area contributed by atoms with Gasteiger partial charge in [0.15, 0.2) is 0 Å². The average molecular weight is 285 g/mol. The largest absolute Gasteiger partial charge is 0.393 e. The molecule has 118 valence electrons. The van der Waals surface area contributed by atoms with E-state index in [-0.39, 0.29) is 6.10 Å². The van der Waals surface area contributed by atoms with Crippen LogP contribution in [0, 0.1) is 17.8 Å². The molecule has 4 N–H and O–H groups in total. The zero-order chi connectivity index (χ0) is 14.5. The van der Waals surface area contributed by atoms with Gasteiger partial charge in [-0.1, -0.05) is 6.42 Å². The summed E-state index contributed by atoms with van der Waals surface area (Å²) in [5.74, 6) is 1.83. The molecule has 0 amide bonds. The summed E-state index contributed by atoms with van der Waals surface area (Å²) < 4.78 is 0. The predicted octanol–water partition coefficient (Wildman–Crippen LogP) is 1.29. The van der Waals surface area contributed by atoms with E-state index in [0.29, 0.717) is 17.8 Å². The van der Waals surface area contributed by atoms with Crippen LogP contribution in [0.3, 0.4) is 0 Å². The Morgan fingerprint density at radius 3 is 2.35 bits per heavy atom. The van der Waals surface area contributed by atoms with E-state index in [1.807, 2.05) is 7.05 Å². The lowest BCUT2D eigenvalue weighted by Crippen LogP contribution is -2.35. The van der Waals surface area contributed by atoms with Crippen molar-refractivity contribution < 1.29 is 15.3 Å². The second-order valence-electron chi connectivity index (χ2n) is 6.94. The highest BCUT2D eigenvalue weighted by atomic mass is 16.3. The number of rotatable bonds is 5. The molecule has 0 heterocycles. The second kappa shape index (κ2) is 7.74. The van der Waals surface area contributed by atoms with Crippen LogP contribution in [0.2, 0.25) is 0 Å². The second-order valence-corrected chi connectivity index (χ2v) is 6.94. The number of aliphatic hydroxyl groups is 3. The number of hydrogen-bond donors (Lipinski definition) is 4. The molecule has 4 nitrogen and oxygen atoms in total. The predicted molar refractivity (Wildman–Crippen MR) is 79.4 cm³/mol. The van der Waals surface area contributed by atoms with Crippen LogP contribution in [0.5, 0.6) is 0 Å². The van der Waals surface area contributed by atoms with E-state index in [1.165, 1.54) is 0 Å². The molecular formula is C16H31NO3. The van der Waals surface area contributed by atoms with Gasteiger partial charge in [0.1, 0.15) is 0 Å². The smallest absolute Gasteiger partial charge is 0.0801 e. The molecule has 0 aromatic heterocycles. The van der Waals surface area contributed by atoms with Gasteiger partial charge in [-0.15, -0.1) is 0 Å². The van der Waals surface area contributed by atoms with Crippen LogP contribution in [0.25, 0.3) is 0 Å². The Morgan fingerprint density at radius 1 is 0.850 bits per heavy atom. The summed E-state index contributed by atoms with van der Waals surface area (Å²) in [6.45, 7) is 1.05. The molecule has 4 heteroatoms. The first kappa shape index (κ1) is 16.2. The highest BCUT2D eigenvalue weighted by molar-refractivity contribution is 4.84. The molecule has 2 fully saturated rings. The minimum absolute atomic E-state index is 0.119. The van der Waals surface area contributed by atoms with Crippen molar-refractivity contribution in [3.63, 3.8) is 0 Å². The van der Waals surface area contributed by atoms with Gasteiger partial charge in [-0.3, -0.25) is 0 Å². The van der Waals surface area contributed by atoms with Crippen LogP contribution in [-0.2, 0) is 0 Å². The third-order valence-electron chi connectivity index (χ3n) is 5.41. The SMILES string of the molecule is CNCC1CCC(O)CC1CCC1CCC(O)C(O)C1. The molecule has 6 unspecified atom stereocenters. The van der Waals surface area contributed by atoms with Crippen molar-refractivity contribution >= 4 is 0 Å². The van der Waals surface area contributed by atoms with Gasteiger partial charge in [0.2, 0.25) is 0 Å². The number of nitrogens with one attached hydrogen (secondary N) is 1. The van der Waals surface area contributed by atoms with E-state index in [0.717, 1.165) is 57.9 Å². The van der Waals surface area contributed by atoms with Gasteiger partial charge < -0.3 is 20.6 Å². The fourth-order valence-electron chi connectivity index (χ4n) is 4.11. The summed E-state index contributed by atoms with van der Waals surface area (Å²) in [7, 11) is 2.00. The molecule has 2 aliphatic carbocycles. The Bertz CT molecular complexity index is 287. The Balaban J connectivity index is 1.78. The Kier molecular flexibility index (Phi) is 6.27. The lowest BCUT2D eigenvalue weighted by molar-refractivity contribution is -0.0285. The molecule has 0 spiro atoms. The van der Waals surface area contributed by atoms with Crippen molar-refractivity contribution in [2.45, 2.75) is 69.7 Å². The summed E-state index contributed by atoms with van der Waals surface area (Å²) in [6, 6.07) is 0. The van der Waals surface area contributed by atoms with E-state index >= 15 is 0 Å². The summed E-state index contributed by atoms with van der Waals surface area (Å²) in [5.41, 5.74) is 0. The molecule has 0 aromatic carbocycles. The molecule has 0 saturated heterocycles. The van der Waals surface area contributed by atoms with Crippen LogP contribution in [0.1, 0.15) is 51.4 Å². The van der Waals surface area contributed by atoms with Gasteiger partial charge >= 0.3 is 0 Å². The maximum Gasteiger partial charge on any atom is 0.0801 e. The molecule has 6 atom stereocenters. The minimum atomic E-state index is -0.529. The van der Waals surface area contributed by atoms with Gasteiger partial charge in [-0.25, -0.2) is 0 Å². The third kappa shape index (κ3) is 4.42. The molecular weight excluding hydrogens is 254 g/mol. The molecule has 0 radical (unpaired) electrons. The topological polar surface area (TPSA) is 72.7 Å². The van der Waals surface area contributed by atoms with Crippen LogP contribution in [-0.4, -0.2) is 47.2 Å². The van der Waals surface area contributed by atoms with Gasteiger partial charge in [0, 0.05) is 0 Å². The molecule has 0 aromatic rings. The molecule has 0 bridgehead atoms. The highest BCUT2D eigenvalue weighted by Crippen LogP contribution is 2.36. The first-order chi connectivity index (χ1) is 9.60. The maximum atomic E-state index is 9.89. The maximum absolute atomic E-state index is 9.89. The lowest BCUT2D eigenvalue weighted by atomic mass is 9.73. The summed E-state index contributed by atoms with van der Waals surface area (Å²) >= 11 is 0. The fourth-order valence-corrected chi connectivity index (χ4v) is 4.11. The van der Waals surface area contributed by atoms with Crippen molar-refractivity contribution in [1.82, 2.24) is 5.32 Å². The van der Waals surface area contributed by atoms with E-state index in [4.69, 9.17) is 0 Å². The molecule has 20 heavy (non-hydrogen) atoms. The Morgan fingerprint density at radius 2 is 1.65 bits per heavy atom. The first-order valence-corrected chi connectivity index (χ1v) is 8.29. The van der Waals surface area contributed by atoms with Crippen molar-refractivity contribution in [2.75, 3.05) is 13.6 Å². The summed E-state index contributed by atoms with van der Waals surface area (Å²) in [4.78, 5) is 0. The zero-order valence-corrected chi connectivity index (χ0v) is 12.7.